The predicted molar refractivity (Wildman–Crippen MR) is 70.3 cm³/mol. The van der Waals surface area contributed by atoms with Crippen LogP contribution in [0.1, 0.15) is 25.5 Å². The van der Waals surface area contributed by atoms with Crippen molar-refractivity contribution in [1.29, 1.82) is 0 Å². The molecule has 5 heteroatoms. The van der Waals surface area contributed by atoms with E-state index < -0.39 is 0 Å². The summed E-state index contributed by atoms with van der Waals surface area (Å²) < 4.78 is 6.50. The highest BCUT2D eigenvalue weighted by molar-refractivity contribution is 9.10. The maximum atomic E-state index is 6.11. The highest BCUT2D eigenvalue weighted by Crippen LogP contribution is 2.26. The van der Waals surface area contributed by atoms with E-state index in [4.69, 9.17) is 22.2 Å². The molecule has 0 aliphatic carbocycles. The van der Waals surface area contributed by atoms with E-state index in [9.17, 15) is 0 Å². The lowest BCUT2D eigenvalue weighted by molar-refractivity contribution is 0.0611. The Kier molecular flexibility index (Phi) is 5.72. The molecule has 0 amide bonds. The summed E-state index contributed by atoms with van der Waals surface area (Å²) in [7, 11) is 0. The number of hydrogen-bond donors (Lipinski definition) is 2. The molecule has 1 aromatic carbocycles. The van der Waals surface area contributed by atoms with Crippen LogP contribution in [0.2, 0.25) is 5.02 Å². The van der Waals surface area contributed by atoms with Crippen molar-refractivity contribution in [1.82, 2.24) is 5.43 Å². The second-order valence-corrected chi connectivity index (χ2v) is 5.09. The van der Waals surface area contributed by atoms with Gasteiger partial charge in [0.2, 0.25) is 0 Å². The molecule has 0 spiro atoms. The smallest absolute Gasteiger partial charge is 0.0708 e. The molecule has 0 radical (unpaired) electrons. The van der Waals surface area contributed by atoms with Crippen LogP contribution in [0.25, 0.3) is 0 Å². The zero-order chi connectivity index (χ0) is 12.1. The molecule has 90 valence electrons. The molecule has 3 N–H and O–H groups in total. The van der Waals surface area contributed by atoms with Gasteiger partial charge >= 0.3 is 0 Å². The first-order chi connectivity index (χ1) is 7.54. The van der Waals surface area contributed by atoms with E-state index >= 15 is 0 Å². The summed E-state index contributed by atoms with van der Waals surface area (Å²) in [4.78, 5) is 0. The van der Waals surface area contributed by atoms with Crippen LogP contribution in [0.5, 0.6) is 0 Å². The van der Waals surface area contributed by atoms with Gasteiger partial charge in [-0.2, -0.15) is 0 Å². The van der Waals surface area contributed by atoms with Gasteiger partial charge in [-0.1, -0.05) is 27.5 Å². The Labute approximate surface area is 109 Å². The quantitative estimate of drug-likeness (QED) is 0.649. The topological polar surface area (TPSA) is 47.3 Å². The maximum absolute atomic E-state index is 6.11. The number of halogens is 2. The van der Waals surface area contributed by atoms with Gasteiger partial charge < -0.3 is 4.74 Å². The maximum Gasteiger partial charge on any atom is 0.0708 e. The summed E-state index contributed by atoms with van der Waals surface area (Å²) in [5.74, 6) is 5.51. The van der Waals surface area contributed by atoms with Gasteiger partial charge in [0.1, 0.15) is 0 Å². The van der Waals surface area contributed by atoms with E-state index in [1.165, 1.54) is 0 Å². The fraction of sp³-hybridized carbons (Fsp3) is 0.455. The molecule has 1 atom stereocenters. The second kappa shape index (κ2) is 6.57. The zero-order valence-electron chi connectivity index (χ0n) is 9.34. The summed E-state index contributed by atoms with van der Waals surface area (Å²) in [6, 6.07) is 5.56. The van der Waals surface area contributed by atoms with Crippen LogP contribution in [0.3, 0.4) is 0 Å². The SMILES string of the molecule is CC(C)OCC(NN)c1cc(Br)ccc1Cl. The second-order valence-electron chi connectivity index (χ2n) is 3.77. The van der Waals surface area contributed by atoms with Crippen molar-refractivity contribution in [2.24, 2.45) is 5.84 Å². The van der Waals surface area contributed by atoms with Crippen molar-refractivity contribution in [2.75, 3.05) is 6.61 Å². The molecule has 0 aromatic heterocycles. The molecule has 1 aromatic rings. The molecule has 0 aliphatic rings. The standard InChI is InChI=1S/C11H16BrClN2O/c1-7(2)16-6-11(15-14)9-5-8(12)3-4-10(9)13/h3-5,7,11,15H,6,14H2,1-2H3. The van der Waals surface area contributed by atoms with Crippen molar-refractivity contribution < 1.29 is 4.74 Å². The third-order valence-corrected chi connectivity index (χ3v) is 2.97. The molecule has 16 heavy (non-hydrogen) atoms. The lowest BCUT2D eigenvalue weighted by Crippen LogP contribution is -2.32. The monoisotopic (exact) mass is 306 g/mol. The van der Waals surface area contributed by atoms with Crippen LogP contribution in [0, 0.1) is 0 Å². The molecule has 0 saturated carbocycles. The van der Waals surface area contributed by atoms with Crippen LogP contribution in [-0.4, -0.2) is 12.7 Å². The lowest BCUT2D eigenvalue weighted by atomic mass is 10.1. The molecular weight excluding hydrogens is 291 g/mol. The predicted octanol–water partition coefficient (Wildman–Crippen LogP) is 3.03. The highest BCUT2D eigenvalue weighted by Gasteiger charge is 2.14. The summed E-state index contributed by atoms with van der Waals surface area (Å²) in [6.45, 7) is 4.45. The van der Waals surface area contributed by atoms with E-state index in [0.29, 0.717) is 11.6 Å². The molecule has 0 bridgehead atoms. The van der Waals surface area contributed by atoms with Gasteiger partial charge in [-0.3, -0.25) is 11.3 Å². The van der Waals surface area contributed by atoms with Gasteiger partial charge in [0.15, 0.2) is 0 Å². The van der Waals surface area contributed by atoms with Crippen LogP contribution in [0.4, 0.5) is 0 Å². The van der Waals surface area contributed by atoms with Gasteiger partial charge in [-0.25, -0.2) is 0 Å². The molecule has 1 rings (SSSR count). The van der Waals surface area contributed by atoms with Crippen LogP contribution >= 0.6 is 27.5 Å². The minimum atomic E-state index is -0.104. The summed E-state index contributed by atoms with van der Waals surface area (Å²) in [5, 5.41) is 0.679. The van der Waals surface area contributed by atoms with Gasteiger partial charge in [-0.15, -0.1) is 0 Å². The number of nitrogens with two attached hydrogens (primary N) is 1. The normalized spacial score (nSPS) is 13.1. The fourth-order valence-electron chi connectivity index (χ4n) is 1.30. The van der Waals surface area contributed by atoms with Crippen molar-refractivity contribution in [3.63, 3.8) is 0 Å². The molecule has 0 aliphatic heterocycles. The minimum Gasteiger partial charge on any atom is -0.377 e. The fourth-order valence-corrected chi connectivity index (χ4v) is 1.93. The summed E-state index contributed by atoms with van der Waals surface area (Å²) in [5.41, 5.74) is 3.64. The van der Waals surface area contributed by atoms with Crippen molar-refractivity contribution >= 4 is 27.5 Å². The van der Waals surface area contributed by atoms with Gasteiger partial charge in [0.25, 0.3) is 0 Å². The largest absolute Gasteiger partial charge is 0.377 e. The van der Waals surface area contributed by atoms with E-state index in [1.54, 1.807) is 0 Å². The van der Waals surface area contributed by atoms with E-state index in [-0.39, 0.29) is 12.1 Å². The van der Waals surface area contributed by atoms with Gasteiger partial charge in [0.05, 0.1) is 18.8 Å². The lowest BCUT2D eigenvalue weighted by Gasteiger charge is -2.19. The third kappa shape index (κ3) is 4.03. The third-order valence-electron chi connectivity index (χ3n) is 2.13. The number of hydrazine groups is 1. The Morgan fingerprint density at radius 1 is 1.50 bits per heavy atom. The van der Waals surface area contributed by atoms with Gasteiger partial charge in [-0.05, 0) is 37.6 Å². The number of hydrogen-bond acceptors (Lipinski definition) is 3. The molecule has 0 saturated heterocycles. The van der Waals surface area contributed by atoms with Crippen molar-refractivity contribution in [3.05, 3.63) is 33.3 Å². The number of ether oxygens (including phenoxy) is 1. The number of nitrogens with one attached hydrogen (secondary N) is 1. The number of benzene rings is 1. The van der Waals surface area contributed by atoms with Crippen LogP contribution in [-0.2, 0) is 4.74 Å². The average molecular weight is 308 g/mol. The Morgan fingerprint density at radius 2 is 2.19 bits per heavy atom. The number of rotatable bonds is 5. The van der Waals surface area contributed by atoms with Crippen molar-refractivity contribution in [3.8, 4) is 0 Å². The average Bonchev–Trinajstić information content (AvgIpc) is 2.23. The summed E-state index contributed by atoms with van der Waals surface area (Å²) in [6.07, 6.45) is 0.168. The van der Waals surface area contributed by atoms with E-state index in [0.717, 1.165) is 10.0 Å². The molecule has 3 nitrogen and oxygen atoms in total. The van der Waals surface area contributed by atoms with E-state index in [2.05, 4.69) is 21.4 Å². The molecule has 1 unspecified atom stereocenters. The summed E-state index contributed by atoms with van der Waals surface area (Å²) >= 11 is 9.52. The van der Waals surface area contributed by atoms with Crippen LogP contribution < -0.4 is 11.3 Å². The Hall–Kier alpha value is -0.130. The zero-order valence-corrected chi connectivity index (χ0v) is 11.7. The Balaban J connectivity index is 2.81. The van der Waals surface area contributed by atoms with Crippen molar-refractivity contribution in [2.45, 2.75) is 26.0 Å². The highest BCUT2D eigenvalue weighted by atomic mass is 79.9. The first kappa shape index (κ1) is 13.9. The van der Waals surface area contributed by atoms with E-state index in [1.807, 2.05) is 32.0 Å². The first-order valence-electron chi connectivity index (χ1n) is 5.07. The first-order valence-corrected chi connectivity index (χ1v) is 6.24. The molecule has 0 heterocycles. The Bertz CT molecular complexity index is 347. The van der Waals surface area contributed by atoms with Gasteiger partial charge in [0, 0.05) is 9.50 Å². The van der Waals surface area contributed by atoms with Crippen LogP contribution in [0.15, 0.2) is 22.7 Å². The Morgan fingerprint density at radius 3 is 2.75 bits per heavy atom. The molecular formula is C11H16BrClN2O. The molecule has 0 fully saturated rings. The minimum absolute atomic E-state index is 0.104.